The first-order valence-corrected chi connectivity index (χ1v) is 8.55. The normalized spacial score (nSPS) is 17.3. The molecule has 1 aliphatic rings. The molecule has 1 saturated heterocycles. The van der Waals surface area contributed by atoms with E-state index in [0.29, 0.717) is 30.6 Å². The molecule has 3 rings (SSSR count). The SMILES string of the molecule is CCOc1ccc(Cl)c(C(=O)N2CCC[C@@H]2Cn2cc(C)cn2)n1. The molecule has 1 atom stereocenters. The highest BCUT2D eigenvalue weighted by atomic mass is 35.5. The monoisotopic (exact) mass is 348 g/mol. The summed E-state index contributed by atoms with van der Waals surface area (Å²) in [5, 5.41) is 4.67. The lowest BCUT2D eigenvalue weighted by atomic mass is 10.2. The van der Waals surface area contributed by atoms with Crippen molar-refractivity contribution in [1.29, 1.82) is 0 Å². The third kappa shape index (κ3) is 3.53. The zero-order valence-corrected chi connectivity index (χ0v) is 14.7. The number of carbonyl (C=O) groups excluding carboxylic acids is 1. The van der Waals surface area contributed by atoms with Gasteiger partial charge in [0.1, 0.15) is 0 Å². The van der Waals surface area contributed by atoms with Gasteiger partial charge < -0.3 is 9.64 Å². The Morgan fingerprint density at radius 1 is 1.46 bits per heavy atom. The number of likely N-dealkylation sites (tertiary alicyclic amines) is 1. The molecule has 24 heavy (non-hydrogen) atoms. The molecule has 2 aromatic rings. The second kappa shape index (κ2) is 7.21. The number of aromatic nitrogens is 3. The van der Waals surface area contributed by atoms with Gasteiger partial charge in [0, 0.05) is 18.8 Å². The maximum Gasteiger partial charge on any atom is 0.274 e. The molecule has 0 N–H and O–H groups in total. The van der Waals surface area contributed by atoms with Gasteiger partial charge in [-0.15, -0.1) is 0 Å². The van der Waals surface area contributed by atoms with Crippen LogP contribution in [0.25, 0.3) is 0 Å². The zero-order valence-electron chi connectivity index (χ0n) is 13.9. The Labute approximate surface area is 146 Å². The van der Waals surface area contributed by atoms with Gasteiger partial charge in [-0.2, -0.15) is 5.10 Å². The van der Waals surface area contributed by atoms with Crippen LogP contribution in [0.1, 0.15) is 35.8 Å². The molecule has 0 unspecified atom stereocenters. The summed E-state index contributed by atoms with van der Waals surface area (Å²) in [5.41, 5.74) is 1.37. The summed E-state index contributed by atoms with van der Waals surface area (Å²) in [4.78, 5) is 19.1. The predicted octanol–water partition coefficient (Wildman–Crippen LogP) is 2.94. The van der Waals surface area contributed by atoms with Crippen molar-refractivity contribution in [3.8, 4) is 5.88 Å². The van der Waals surface area contributed by atoms with Crippen LogP contribution in [-0.2, 0) is 6.54 Å². The van der Waals surface area contributed by atoms with Crippen molar-refractivity contribution in [2.45, 2.75) is 39.3 Å². The molecule has 0 aromatic carbocycles. The Hall–Kier alpha value is -2.08. The number of halogens is 1. The highest BCUT2D eigenvalue weighted by molar-refractivity contribution is 6.33. The molecule has 3 heterocycles. The molecule has 7 heteroatoms. The van der Waals surface area contributed by atoms with Crippen molar-refractivity contribution in [3.63, 3.8) is 0 Å². The molecule has 6 nitrogen and oxygen atoms in total. The summed E-state index contributed by atoms with van der Waals surface area (Å²) in [6, 6.07) is 3.44. The average molecular weight is 349 g/mol. The maximum atomic E-state index is 12.9. The van der Waals surface area contributed by atoms with Gasteiger partial charge >= 0.3 is 0 Å². The van der Waals surface area contributed by atoms with Gasteiger partial charge in [-0.25, -0.2) is 4.98 Å². The largest absolute Gasteiger partial charge is 0.478 e. The molecule has 0 saturated carbocycles. The molecule has 128 valence electrons. The number of hydrogen-bond donors (Lipinski definition) is 0. The first kappa shape index (κ1) is 16.8. The van der Waals surface area contributed by atoms with Crippen LogP contribution in [0.15, 0.2) is 24.5 Å². The van der Waals surface area contributed by atoms with Crippen LogP contribution in [0.4, 0.5) is 0 Å². The van der Waals surface area contributed by atoms with E-state index in [1.165, 1.54) is 0 Å². The van der Waals surface area contributed by atoms with Crippen molar-refractivity contribution in [1.82, 2.24) is 19.7 Å². The van der Waals surface area contributed by atoms with E-state index < -0.39 is 0 Å². The maximum absolute atomic E-state index is 12.9. The number of carbonyl (C=O) groups is 1. The van der Waals surface area contributed by atoms with E-state index in [4.69, 9.17) is 16.3 Å². The Morgan fingerprint density at radius 3 is 3.00 bits per heavy atom. The van der Waals surface area contributed by atoms with Gasteiger partial charge in [-0.3, -0.25) is 9.48 Å². The highest BCUT2D eigenvalue weighted by Crippen LogP contribution is 2.25. The minimum atomic E-state index is -0.145. The topological polar surface area (TPSA) is 60.2 Å². The molecule has 1 aliphatic heterocycles. The average Bonchev–Trinajstić information content (AvgIpc) is 3.18. The third-order valence-corrected chi connectivity index (χ3v) is 4.42. The molecule has 1 fully saturated rings. The van der Waals surface area contributed by atoms with Crippen molar-refractivity contribution in [2.24, 2.45) is 0 Å². The first-order chi connectivity index (χ1) is 11.6. The minimum Gasteiger partial charge on any atom is -0.478 e. The minimum absolute atomic E-state index is 0.102. The predicted molar refractivity (Wildman–Crippen MR) is 91.4 cm³/mol. The molecule has 1 amide bonds. The lowest BCUT2D eigenvalue weighted by Gasteiger charge is -2.24. The second-order valence-corrected chi connectivity index (χ2v) is 6.35. The smallest absolute Gasteiger partial charge is 0.274 e. The van der Waals surface area contributed by atoms with Gasteiger partial charge in [0.05, 0.1) is 30.4 Å². The lowest BCUT2D eigenvalue weighted by Crippen LogP contribution is -2.38. The third-order valence-electron chi connectivity index (χ3n) is 4.11. The van der Waals surface area contributed by atoms with Crippen LogP contribution in [0.2, 0.25) is 5.02 Å². The van der Waals surface area contributed by atoms with E-state index in [2.05, 4.69) is 10.1 Å². The molecule has 2 aromatic heterocycles. The Balaban J connectivity index is 1.79. The van der Waals surface area contributed by atoms with Crippen molar-refractivity contribution < 1.29 is 9.53 Å². The zero-order chi connectivity index (χ0) is 17.1. The Bertz CT molecular complexity index is 731. The van der Waals surface area contributed by atoms with Crippen LogP contribution in [0.3, 0.4) is 0 Å². The van der Waals surface area contributed by atoms with E-state index in [1.54, 1.807) is 12.1 Å². The molecule has 0 radical (unpaired) electrons. The molecule has 0 spiro atoms. The number of nitrogens with zero attached hydrogens (tertiary/aromatic N) is 4. The van der Waals surface area contributed by atoms with Gasteiger partial charge in [-0.05, 0) is 38.3 Å². The van der Waals surface area contributed by atoms with Crippen molar-refractivity contribution >= 4 is 17.5 Å². The van der Waals surface area contributed by atoms with E-state index in [1.807, 2.05) is 35.8 Å². The quantitative estimate of drug-likeness (QED) is 0.833. The second-order valence-electron chi connectivity index (χ2n) is 5.95. The van der Waals surface area contributed by atoms with E-state index in [0.717, 1.165) is 18.4 Å². The fraction of sp³-hybridized carbons (Fsp3) is 0.471. The fourth-order valence-corrected chi connectivity index (χ4v) is 3.20. The molecule has 0 bridgehead atoms. The summed E-state index contributed by atoms with van der Waals surface area (Å²) in [7, 11) is 0. The van der Waals surface area contributed by atoms with E-state index in [9.17, 15) is 4.79 Å². The summed E-state index contributed by atoms with van der Waals surface area (Å²) in [6.45, 7) is 5.76. The number of rotatable bonds is 5. The highest BCUT2D eigenvalue weighted by Gasteiger charge is 2.31. The van der Waals surface area contributed by atoms with Crippen LogP contribution in [-0.4, -0.2) is 44.8 Å². The molecule has 0 aliphatic carbocycles. The van der Waals surface area contributed by atoms with Gasteiger partial charge in [-0.1, -0.05) is 11.6 Å². The summed E-state index contributed by atoms with van der Waals surface area (Å²) in [5.74, 6) is 0.275. The lowest BCUT2D eigenvalue weighted by molar-refractivity contribution is 0.0714. The van der Waals surface area contributed by atoms with Crippen LogP contribution >= 0.6 is 11.6 Å². The van der Waals surface area contributed by atoms with Crippen molar-refractivity contribution in [2.75, 3.05) is 13.2 Å². The number of amides is 1. The van der Waals surface area contributed by atoms with Gasteiger partial charge in [0.15, 0.2) is 5.69 Å². The van der Waals surface area contributed by atoms with Crippen molar-refractivity contribution in [3.05, 3.63) is 40.8 Å². The standard InChI is InChI=1S/C17H21ClN4O2/c1-3-24-15-7-6-14(18)16(20-15)17(23)22-8-4-5-13(22)11-21-10-12(2)9-19-21/h6-7,9-10,13H,3-5,8,11H2,1-2H3/t13-/m1/s1. The summed E-state index contributed by atoms with van der Waals surface area (Å²) in [6.07, 6.45) is 5.74. The number of ether oxygens (including phenoxy) is 1. The summed E-state index contributed by atoms with van der Waals surface area (Å²) < 4.78 is 7.27. The van der Waals surface area contributed by atoms with Crippen LogP contribution < -0.4 is 4.74 Å². The number of hydrogen-bond acceptors (Lipinski definition) is 4. The Morgan fingerprint density at radius 2 is 2.29 bits per heavy atom. The number of pyridine rings is 1. The van der Waals surface area contributed by atoms with Gasteiger partial charge in [0.2, 0.25) is 5.88 Å². The van der Waals surface area contributed by atoms with Crippen LogP contribution in [0, 0.1) is 6.92 Å². The first-order valence-electron chi connectivity index (χ1n) is 8.18. The molecular formula is C17H21ClN4O2. The fourth-order valence-electron chi connectivity index (χ4n) is 3.01. The van der Waals surface area contributed by atoms with Gasteiger partial charge in [0.25, 0.3) is 5.91 Å². The summed E-state index contributed by atoms with van der Waals surface area (Å²) >= 11 is 6.20. The number of aryl methyl sites for hydroxylation is 1. The van der Waals surface area contributed by atoms with E-state index in [-0.39, 0.29) is 17.6 Å². The van der Waals surface area contributed by atoms with E-state index >= 15 is 0 Å². The molecular weight excluding hydrogens is 328 g/mol. The Kier molecular flexibility index (Phi) is 5.04. The van der Waals surface area contributed by atoms with Crippen LogP contribution in [0.5, 0.6) is 5.88 Å².